The highest BCUT2D eigenvalue weighted by molar-refractivity contribution is 7.89. The van der Waals surface area contributed by atoms with E-state index >= 15 is 0 Å². The van der Waals surface area contributed by atoms with Crippen LogP contribution in [0, 0.1) is 20.8 Å². The van der Waals surface area contributed by atoms with Gasteiger partial charge in [-0.05, 0) is 62.4 Å². The molecule has 32 heavy (non-hydrogen) atoms. The molecule has 1 aliphatic carbocycles. The van der Waals surface area contributed by atoms with Gasteiger partial charge in [0.25, 0.3) is 5.91 Å². The van der Waals surface area contributed by atoms with Gasteiger partial charge in [-0.25, -0.2) is 13.8 Å². The number of sulfonamides is 1. The third kappa shape index (κ3) is 5.97. The number of carbonyl (C=O) groups is 1. The fourth-order valence-corrected chi connectivity index (χ4v) is 6.56. The lowest BCUT2D eigenvalue weighted by molar-refractivity contribution is -0.121. The minimum atomic E-state index is -3.85. The Kier molecular flexibility index (Phi) is 8.09. The Bertz CT molecular complexity index is 1070. The summed E-state index contributed by atoms with van der Waals surface area (Å²) in [5.41, 5.74) is 5.65. The monoisotopic (exact) mass is 475 g/mol. The van der Waals surface area contributed by atoms with Gasteiger partial charge >= 0.3 is 0 Å². The number of nitrogens with zero attached hydrogens (tertiary/aromatic N) is 2. The first-order chi connectivity index (χ1) is 15.2. The highest BCUT2D eigenvalue weighted by atomic mass is 35.5. The highest BCUT2D eigenvalue weighted by Crippen LogP contribution is 2.31. The second-order valence-electron chi connectivity index (χ2n) is 8.41. The number of carbonyl (C=O) groups excluding carboxylic acids is 1. The molecule has 0 bridgehead atoms. The molecule has 6 nitrogen and oxygen atoms in total. The maximum atomic E-state index is 13.7. The molecule has 0 aliphatic heterocycles. The standard InChI is InChI=1S/C24H30ClN3O3S/c1-17-13-18(2)24(19(3)14-17)32(30,31)28(22-7-5-4-6-8-22)16-23(29)27-26-15-20-9-11-21(25)12-10-20/h9-15,22H,4-8,16H2,1-3H3,(H,27,29)/b26-15+. The molecule has 0 spiro atoms. The second-order valence-corrected chi connectivity index (χ2v) is 10.7. The zero-order valence-corrected chi connectivity index (χ0v) is 20.3. The molecule has 1 aliphatic rings. The second kappa shape index (κ2) is 10.6. The van der Waals surface area contributed by atoms with Crippen molar-refractivity contribution in [2.24, 2.45) is 5.10 Å². The van der Waals surface area contributed by atoms with Gasteiger partial charge in [0.15, 0.2) is 0 Å². The van der Waals surface area contributed by atoms with E-state index in [4.69, 9.17) is 11.6 Å². The number of rotatable bonds is 7. The van der Waals surface area contributed by atoms with Crippen LogP contribution in [-0.4, -0.2) is 37.4 Å². The van der Waals surface area contributed by atoms with E-state index in [1.165, 1.54) is 10.5 Å². The molecule has 0 unspecified atom stereocenters. The molecule has 0 atom stereocenters. The predicted molar refractivity (Wildman–Crippen MR) is 129 cm³/mol. The summed E-state index contributed by atoms with van der Waals surface area (Å²) >= 11 is 5.87. The topological polar surface area (TPSA) is 78.8 Å². The van der Waals surface area contributed by atoms with Crippen molar-refractivity contribution in [1.29, 1.82) is 0 Å². The zero-order chi connectivity index (χ0) is 23.3. The minimum absolute atomic E-state index is 0.195. The normalized spacial score (nSPS) is 15.4. The van der Waals surface area contributed by atoms with Crippen molar-refractivity contribution in [1.82, 2.24) is 9.73 Å². The van der Waals surface area contributed by atoms with Gasteiger partial charge in [-0.1, -0.05) is 60.7 Å². The fourth-order valence-electron chi connectivity index (χ4n) is 4.37. The third-order valence-corrected chi connectivity index (χ3v) is 8.18. The Hall–Kier alpha value is -2.22. The van der Waals surface area contributed by atoms with Crippen molar-refractivity contribution in [2.75, 3.05) is 6.54 Å². The van der Waals surface area contributed by atoms with Crippen LogP contribution in [0.1, 0.15) is 54.4 Å². The van der Waals surface area contributed by atoms with E-state index in [1.807, 2.05) is 32.9 Å². The maximum absolute atomic E-state index is 13.7. The summed E-state index contributed by atoms with van der Waals surface area (Å²) in [5, 5.41) is 4.59. The van der Waals surface area contributed by atoms with E-state index in [2.05, 4.69) is 10.5 Å². The Balaban J connectivity index is 1.83. The van der Waals surface area contributed by atoms with Crippen LogP contribution < -0.4 is 5.43 Å². The van der Waals surface area contributed by atoms with Crippen LogP contribution in [-0.2, 0) is 14.8 Å². The van der Waals surface area contributed by atoms with Crippen molar-refractivity contribution < 1.29 is 13.2 Å². The molecule has 2 aromatic rings. The number of hydrogen-bond acceptors (Lipinski definition) is 4. The van der Waals surface area contributed by atoms with E-state index in [1.54, 1.807) is 24.3 Å². The van der Waals surface area contributed by atoms with Crippen LogP contribution in [0.2, 0.25) is 5.02 Å². The molecule has 2 aromatic carbocycles. The van der Waals surface area contributed by atoms with E-state index in [0.29, 0.717) is 21.0 Å². The lowest BCUT2D eigenvalue weighted by Gasteiger charge is -2.33. The first-order valence-electron chi connectivity index (χ1n) is 10.9. The maximum Gasteiger partial charge on any atom is 0.255 e. The van der Waals surface area contributed by atoms with Gasteiger partial charge in [0, 0.05) is 11.1 Å². The summed E-state index contributed by atoms with van der Waals surface area (Å²) in [7, 11) is -3.85. The lowest BCUT2D eigenvalue weighted by atomic mass is 9.95. The smallest absolute Gasteiger partial charge is 0.255 e. The molecule has 8 heteroatoms. The molecule has 1 fully saturated rings. The number of nitrogens with one attached hydrogen (secondary N) is 1. The fraction of sp³-hybridized carbons (Fsp3) is 0.417. The van der Waals surface area contributed by atoms with E-state index in [-0.39, 0.29) is 12.6 Å². The molecule has 0 heterocycles. The predicted octanol–water partition coefficient (Wildman–Crippen LogP) is 4.74. The van der Waals surface area contributed by atoms with Crippen molar-refractivity contribution in [3.8, 4) is 0 Å². The first-order valence-corrected chi connectivity index (χ1v) is 12.7. The van der Waals surface area contributed by atoms with Gasteiger partial charge in [-0.2, -0.15) is 9.41 Å². The molecular weight excluding hydrogens is 446 g/mol. The van der Waals surface area contributed by atoms with Crippen molar-refractivity contribution in [3.63, 3.8) is 0 Å². The number of benzene rings is 2. The molecule has 0 aromatic heterocycles. The summed E-state index contributed by atoms with van der Waals surface area (Å²) in [5.74, 6) is -0.466. The minimum Gasteiger partial charge on any atom is -0.272 e. The third-order valence-electron chi connectivity index (χ3n) is 5.73. The number of amides is 1. The van der Waals surface area contributed by atoms with Crippen LogP contribution in [0.15, 0.2) is 46.4 Å². The number of aryl methyl sites for hydroxylation is 3. The molecule has 1 saturated carbocycles. The van der Waals surface area contributed by atoms with E-state index in [9.17, 15) is 13.2 Å². The van der Waals surface area contributed by atoms with Crippen LogP contribution in [0.5, 0.6) is 0 Å². The molecule has 0 radical (unpaired) electrons. The van der Waals surface area contributed by atoms with Crippen molar-refractivity contribution >= 4 is 33.7 Å². The highest BCUT2D eigenvalue weighted by Gasteiger charge is 2.35. The van der Waals surface area contributed by atoms with Gasteiger partial charge in [-0.3, -0.25) is 4.79 Å². The SMILES string of the molecule is Cc1cc(C)c(S(=O)(=O)N(CC(=O)N/N=C/c2ccc(Cl)cc2)C2CCCCC2)c(C)c1. The van der Waals surface area contributed by atoms with Gasteiger partial charge in [-0.15, -0.1) is 0 Å². The van der Waals surface area contributed by atoms with Gasteiger partial charge < -0.3 is 0 Å². The average molecular weight is 476 g/mol. The first kappa shape index (κ1) is 24.4. The van der Waals surface area contributed by atoms with Crippen LogP contribution >= 0.6 is 11.6 Å². The Morgan fingerprint density at radius 2 is 1.69 bits per heavy atom. The number of hydrazone groups is 1. The van der Waals surface area contributed by atoms with Crippen LogP contribution in [0.4, 0.5) is 0 Å². The Labute approximate surface area is 195 Å². The Morgan fingerprint density at radius 3 is 2.28 bits per heavy atom. The lowest BCUT2D eigenvalue weighted by Crippen LogP contribution is -2.46. The zero-order valence-electron chi connectivity index (χ0n) is 18.8. The Morgan fingerprint density at radius 1 is 1.09 bits per heavy atom. The van der Waals surface area contributed by atoms with E-state index in [0.717, 1.165) is 43.2 Å². The molecular formula is C24H30ClN3O3S. The molecule has 1 amide bonds. The average Bonchev–Trinajstić information content (AvgIpc) is 2.73. The quantitative estimate of drug-likeness (QED) is 0.464. The van der Waals surface area contributed by atoms with Crippen LogP contribution in [0.3, 0.4) is 0 Å². The summed E-state index contributed by atoms with van der Waals surface area (Å²) in [6, 6.07) is 10.6. The molecule has 3 rings (SSSR count). The largest absolute Gasteiger partial charge is 0.272 e. The molecule has 172 valence electrons. The van der Waals surface area contributed by atoms with Crippen molar-refractivity contribution in [3.05, 3.63) is 63.7 Å². The molecule has 0 saturated heterocycles. The van der Waals surface area contributed by atoms with Gasteiger partial charge in [0.1, 0.15) is 0 Å². The molecule has 1 N–H and O–H groups in total. The number of hydrogen-bond donors (Lipinski definition) is 1. The summed E-state index contributed by atoms with van der Waals surface area (Å²) in [6.07, 6.45) is 6.01. The van der Waals surface area contributed by atoms with Gasteiger partial charge in [0.05, 0.1) is 17.7 Å². The van der Waals surface area contributed by atoms with Crippen LogP contribution in [0.25, 0.3) is 0 Å². The van der Waals surface area contributed by atoms with E-state index < -0.39 is 15.9 Å². The summed E-state index contributed by atoms with van der Waals surface area (Å²) in [4.78, 5) is 13.0. The summed E-state index contributed by atoms with van der Waals surface area (Å²) in [6.45, 7) is 5.30. The van der Waals surface area contributed by atoms with Gasteiger partial charge in [0.2, 0.25) is 10.0 Å². The van der Waals surface area contributed by atoms with Crippen molar-refractivity contribution in [2.45, 2.75) is 63.8 Å². The number of halogens is 1. The summed E-state index contributed by atoms with van der Waals surface area (Å²) < 4.78 is 28.9.